The fourth-order valence-electron chi connectivity index (χ4n) is 3.18. The molecule has 1 unspecified atom stereocenters. The second kappa shape index (κ2) is 8.05. The van der Waals surface area contributed by atoms with Crippen molar-refractivity contribution in [2.75, 3.05) is 18.1 Å². The van der Waals surface area contributed by atoms with Gasteiger partial charge in [0, 0.05) is 11.8 Å². The Morgan fingerprint density at radius 2 is 1.93 bits per heavy atom. The van der Waals surface area contributed by atoms with Crippen LogP contribution in [0.15, 0.2) is 42.6 Å². The third-order valence-corrected chi connectivity index (χ3v) is 4.46. The smallest absolute Gasteiger partial charge is 0.405 e. The van der Waals surface area contributed by atoms with Crippen molar-refractivity contribution in [3.63, 3.8) is 0 Å². The molecule has 146 valence electrons. The van der Waals surface area contributed by atoms with E-state index in [1.165, 1.54) is 11.8 Å². The van der Waals surface area contributed by atoms with Crippen LogP contribution in [0.1, 0.15) is 18.5 Å². The lowest BCUT2D eigenvalue weighted by Gasteiger charge is -2.26. The first-order valence-corrected chi connectivity index (χ1v) is 8.70. The van der Waals surface area contributed by atoms with E-state index in [9.17, 15) is 19.5 Å². The highest BCUT2D eigenvalue weighted by Crippen LogP contribution is 2.38. The van der Waals surface area contributed by atoms with Crippen LogP contribution < -0.4 is 15.5 Å². The van der Waals surface area contributed by atoms with Gasteiger partial charge in [0.05, 0.1) is 13.2 Å². The summed E-state index contributed by atoms with van der Waals surface area (Å²) in [5, 5.41) is 23.0. The number of carbonyl (C=O) groups excluding carboxylic acids is 2. The maximum Gasteiger partial charge on any atom is 0.405 e. The summed E-state index contributed by atoms with van der Waals surface area (Å²) in [6.07, 6.45) is 0.213. The molecule has 2 aromatic rings. The quantitative estimate of drug-likeness (QED) is 0.606. The van der Waals surface area contributed by atoms with Gasteiger partial charge in [-0.2, -0.15) is 0 Å². The SMILES string of the molecule is C[C@H](NC(=O)O)C(=O)NC1C(=O)N(CCO)c2ncccc2-c2ccccc21. The zero-order valence-electron chi connectivity index (χ0n) is 15.1. The molecule has 0 bridgehead atoms. The summed E-state index contributed by atoms with van der Waals surface area (Å²) in [7, 11) is 0. The monoisotopic (exact) mass is 384 g/mol. The number of nitrogens with one attached hydrogen (secondary N) is 2. The van der Waals surface area contributed by atoms with Gasteiger partial charge in [0.1, 0.15) is 17.9 Å². The van der Waals surface area contributed by atoms with Gasteiger partial charge in [-0.05, 0) is 30.2 Å². The number of aliphatic hydroxyl groups excluding tert-OH is 1. The number of aliphatic hydroxyl groups is 1. The Bertz CT molecular complexity index is 917. The molecule has 0 saturated heterocycles. The van der Waals surface area contributed by atoms with Crippen molar-refractivity contribution in [3.8, 4) is 11.1 Å². The van der Waals surface area contributed by atoms with Gasteiger partial charge in [-0.1, -0.05) is 24.3 Å². The minimum atomic E-state index is -1.34. The lowest BCUT2D eigenvalue weighted by molar-refractivity contribution is -0.128. The highest BCUT2D eigenvalue weighted by molar-refractivity contribution is 6.05. The number of amides is 3. The summed E-state index contributed by atoms with van der Waals surface area (Å²) < 4.78 is 0. The average molecular weight is 384 g/mol. The van der Waals surface area contributed by atoms with Crippen LogP contribution in [0.25, 0.3) is 11.1 Å². The summed E-state index contributed by atoms with van der Waals surface area (Å²) in [5.41, 5.74) is 2.00. The summed E-state index contributed by atoms with van der Waals surface area (Å²) in [5.74, 6) is -0.712. The predicted octanol–water partition coefficient (Wildman–Crippen LogP) is 0.901. The van der Waals surface area contributed by atoms with E-state index in [0.717, 1.165) is 5.56 Å². The number of β-amino-alcohol motifs (C(OH)–C–C–N with tert-alkyl or cyclic N) is 1. The summed E-state index contributed by atoms with van der Waals surface area (Å²) in [6.45, 7) is 1.11. The molecule has 0 spiro atoms. The van der Waals surface area contributed by atoms with E-state index in [0.29, 0.717) is 16.9 Å². The summed E-state index contributed by atoms with van der Waals surface area (Å²) in [4.78, 5) is 42.2. The van der Waals surface area contributed by atoms with E-state index in [-0.39, 0.29) is 13.2 Å². The number of carboxylic acid groups (broad SMARTS) is 1. The first kappa shape index (κ1) is 19.3. The second-order valence-electron chi connectivity index (χ2n) is 6.29. The lowest BCUT2D eigenvalue weighted by Crippen LogP contribution is -2.49. The van der Waals surface area contributed by atoms with Crippen LogP contribution >= 0.6 is 0 Å². The lowest BCUT2D eigenvalue weighted by atomic mass is 9.96. The van der Waals surface area contributed by atoms with Gasteiger partial charge in [-0.25, -0.2) is 9.78 Å². The van der Waals surface area contributed by atoms with E-state index in [1.807, 2.05) is 18.2 Å². The minimum Gasteiger partial charge on any atom is -0.465 e. The summed E-state index contributed by atoms with van der Waals surface area (Å²) >= 11 is 0. The predicted molar refractivity (Wildman–Crippen MR) is 101 cm³/mol. The Hall–Kier alpha value is -3.46. The first-order valence-electron chi connectivity index (χ1n) is 8.70. The normalized spacial score (nSPS) is 16.4. The molecule has 0 aliphatic carbocycles. The number of benzene rings is 1. The van der Waals surface area contributed by atoms with Crippen molar-refractivity contribution in [2.24, 2.45) is 0 Å². The molecule has 3 rings (SSSR count). The number of rotatable bonds is 5. The molecule has 9 heteroatoms. The molecule has 2 heterocycles. The zero-order valence-corrected chi connectivity index (χ0v) is 15.1. The van der Waals surface area contributed by atoms with Crippen molar-refractivity contribution in [2.45, 2.75) is 19.0 Å². The van der Waals surface area contributed by atoms with Crippen molar-refractivity contribution < 1.29 is 24.6 Å². The molecule has 9 nitrogen and oxygen atoms in total. The van der Waals surface area contributed by atoms with Crippen molar-refractivity contribution in [1.29, 1.82) is 0 Å². The Morgan fingerprint density at radius 1 is 1.21 bits per heavy atom. The van der Waals surface area contributed by atoms with Gasteiger partial charge in [0.25, 0.3) is 5.91 Å². The molecule has 1 aliphatic heterocycles. The van der Waals surface area contributed by atoms with Gasteiger partial charge in [0.2, 0.25) is 5.91 Å². The van der Waals surface area contributed by atoms with E-state index in [2.05, 4.69) is 15.6 Å². The van der Waals surface area contributed by atoms with Gasteiger partial charge in [-0.15, -0.1) is 0 Å². The van der Waals surface area contributed by atoms with E-state index in [1.54, 1.807) is 24.4 Å². The molecular weight excluding hydrogens is 364 g/mol. The third kappa shape index (κ3) is 3.65. The van der Waals surface area contributed by atoms with Crippen LogP contribution in [-0.4, -0.2) is 52.3 Å². The molecule has 0 fully saturated rings. The van der Waals surface area contributed by atoms with Crippen molar-refractivity contribution in [3.05, 3.63) is 48.2 Å². The van der Waals surface area contributed by atoms with Gasteiger partial charge in [0.15, 0.2) is 0 Å². The van der Waals surface area contributed by atoms with E-state index < -0.39 is 30.0 Å². The van der Waals surface area contributed by atoms with E-state index >= 15 is 0 Å². The van der Waals surface area contributed by atoms with Crippen LogP contribution in [0, 0.1) is 0 Å². The van der Waals surface area contributed by atoms with E-state index in [4.69, 9.17) is 5.11 Å². The molecule has 0 radical (unpaired) electrons. The number of hydrogen-bond acceptors (Lipinski definition) is 5. The zero-order chi connectivity index (χ0) is 20.3. The van der Waals surface area contributed by atoms with Gasteiger partial charge < -0.3 is 20.8 Å². The molecule has 2 atom stereocenters. The standard InChI is InChI=1S/C19H20N4O5/c1-11(21-19(27)28)17(25)22-15-13-6-3-2-5-12(13)14-7-4-8-20-16(14)23(9-10-24)18(15)26/h2-8,11,15,21,24H,9-10H2,1H3,(H,22,25)(H,27,28)/t11-,15?/m0/s1. The number of pyridine rings is 1. The summed E-state index contributed by atoms with van der Waals surface area (Å²) in [6, 6.07) is 8.58. The molecule has 0 saturated carbocycles. The maximum atomic E-state index is 13.3. The fourth-order valence-corrected chi connectivity index (χ4v) is 3.18. The minimum absolute atomic E-state index is 0.00609. The van der Waals surface area contributed by atoms with Crippen LogP contribution in [0.4, 0.5) is 10.6 Å². The Balaban J connectivity index is 2.06. The molecule has 1 aliphatic rings. The van der Waals surface area contributed by atoms with Crippen LogP contribution in [0.3, 0.4) is 0 Å². The van der Waals surface area contributed by atoms with Gasteiger partial charge in [-0.3, -0.25) is 14.5 Å². The van der Waals surface area contributed by atoms with Crippen molar-refractivity contribution >= 4 is 23.7 Å². The average Bonchev–Trinajstić information content (AvgIpc) is 2.77. The molecular formula is C19H20N4O5. The largest absolute Gasteiger partial charge is 0.465 e. The van der Waals surface area contributed by atoms with Crippen LogP contribution in [0.2, 0.25) is 0 Å². The Kier molecular flexibility index (Phi) is 5.55. The molecule has 28 heavy (non-hydrogen) atoms. The highest BCUT2D eigenvalue weighted by Gasteiger charge is 2.36. The van der Waals surface area contributed by atoms with Crippen molar-refractivity contribution in [1.82, 2.24) is 15.6 Å². The topological polar surface area (TPSA) is 132 Å². The van der Waals surface area contributed by atoms with Crippen LogP contribution in [0.5, 0.6) is 0 Å². The maximum absolute atomic E-state index is 13.3. The number of carbonyl (C=O) groups is 3. The first-order chi connectivity index (χ1) is 13.4. The Labute approximate surface area is 161 Å². The fraction of sp³-hybridized carbons (Fsp3) is 0.263. The number of anilines is 1. The number of nitrogens with zero attached hydrogens (tertiary/aromatic N) is 2. The number of hydrogen-bond donors (Lipinski definition) is 4. The third-order valence-electron chi connectivity index (χ3n) is 4.46. The molecule has 1 aromatic heterocycles. The molecule has 4 N–H and O–H groups in total. The number of aromatic nitrogens is 1. The second-order valence-corrected chi connectivity index (χ2v) is 6.29. The Morgan fingerprint density at radius 3 is 2.64 bits per heavy atom. The van der Waals surface area contributed by atoms with Crippen LogP contribution in [-0.2, 0) is 9.59 Å². The molecule has 3 amide bonds. The molecule has 1 aromatic carbocycles. The number of fused-ring (bicyclic) bond motifs is 3. The highest BCUT2D eigenvalue weighted by atomic mass is 16.4. The van der Waals surface area contributed by atoms with Gasteiger partial charge >= 0.3 is 6.09 Å².